The summed E-state index contributed by atoms with van der Waals surface area (Å²) < 4.78 is 4.63. The molecule has 0 aromatic carbocycles. The van der Waals surface area contributed by atoms with Crippen molar-refractivity contribution >= 4 is 42.8 Å². The van der Waals surface area contributed by atoms with Crippen LogP contribution < -0.4 is 10.6 Å². The Kier molecular flexibility index (Phi) is 52.3. The summed E-state index contributed by atoms with van der Waals surface area (Å²) in [6, 6.07) is 0. The minimum Gasteiger partial charge on any atom is -0.693 e. The number of halogens is 2. The summed E-state index contributed by atoms with van der Waals surface area (Å²) in [5, 5.41) is 21.6. The molecule has 8 N–H and O–H groups in total. The van der Waals surface area contributed by atoms with Crippen LogP contribution in [0, 0.1) is 0 Å². The first-order chi connectivity index (χ1) is 18.7. The minimum absolute atomic E-state index is 0. The van der Waals surface area contributed by atoms with E-state index < -0.39 is 28.5 Å². The van der Waals surface area contributed by atoms with E-state index >= 15 is 0 Å². The zero-order chi connectivity index (χ0) is 30.0. The molecule has 41 heavy (non-hydrogen) atoms. The smallest absolute Gasteiger partial charge is 0.693 e. The van der Waals surface area contributed by atoms with E-state index in [1.54, 1.807) is 6.92 Å². The summed E-state index contributed by atoms with van der Waals surface area (Å²) in [5.41, 5.74) is 0. The second-order valence-corrected chi connectivity index (χ2v) is 12.3. The van der Waals surface area contributed by atoms with Crippen LogP contribution in [-0.4, -0.2) is 53.8 Å². The summed E-state index contributed by atoms with van der Waals surface area (Å²) in [6.45, 7) is 5.32. The molecule has 0 spiro atoms. The number of amides is 2. The average molecular weight is 815 g/mol. The number of rotatable bonds is 23. The number of nitrogens with two attached hydrogens (primary N) is 2. The van der Waals surface area contributed by atoms with Crippen molar-refractivity contribution in [2.24, 2.45) is 0 Å². The zero-order valence-electron chi connectivity index (χ0n) is 25.0. The molecular formula is C27H56Cl2N4O7Pt. The van der Waals surface area contributed by atoms with Gasteiger partial charge < -0.3 is 37.9 Å². The Morgan fingerprint density at radius 1 is 0.634 bits per heavy atom. The van der Waals surface area contributed by atoms with E-state index in [0.717, 1.165) is 12.8 Å². The third-order valence-electron chi connectivity index (χ3n) is 5.56. The first kappa shape index (κ1) is 49.5. The molecule has 0 saturated carbocycles. The maximum absolute atomic E-state index is 11.3. The van der Waals surface area contributed by atoms with E-state index in [1.807, 2.05) is 0 Å². The molecule has 0 radical (unpaired) electrons. The monoisotopic (exact) mass is 813 g/mol. The molecule has 0 heterocycles. The van der Waals surface area contributed by atoms with Crippen molar-refractivity contribution in [3.63, 3.8) is 0 Å². The molecule has 0 unspecified atom stereocenters. The molecule has 0 saturated heterocycles. The number of unbranched alkanes of at least 4 members (excludes halogenated alkanes) is 13. The van der Waals surface area contributed by atoms with Gasteiger partial charge in [-0.1, -0.05) is 90.4 Å². The quantitative estimate of drug-likeness (QED) is 0.0581. The third-order valence-corrected chi connectivity index (χ3v) is 5.56. The van der Waals surface area contributed by atoms with Crippen molar-refractivity contribution in [1.29, 1.82) is 0 Å². The predicted molar refractivity (Wildman–Crippen MR) is 164 cm³/mol. The Balaban J connectivity index is -0.000000214. The van der Waals surface area contributed by atoms with Gasteiger partial charge in [0, 0.05) is 25.9 Å². The number of carbonyl (C=O) groups is 4. The van der Waals surface area contributed by atoms with Gasteiger partial charge in [-0.3, -0.25) is 14.4 Å². The molecule has 0 bridgehead atoms. The van der Waals surface area contributed by atoms with Crippen LogP contribution >= 0.6 is 18.8 Å². The molecular weight excluding hydrogens is 758 g/mol. The SMILES string of the molecule is CCCCCCCCCCCCCCCCNC(=O)CCC(=O)O.CCOC(=O)CCCNC(=O)O.[Cl][Pt+2][Cl].[NH2-].[NH2-]. The normalized spacial score (nSPS) is 9.46. The molecule has 2 amide bonds. The summed E-state index contributed by atoms with van der Waals surface area (Å²) >= 11 is -0.472. The molecule has 14 heteroatoms. The van der Waals surface area contributed by atoms with Crippen molar-refractivity contribution in [2.45, 2.75) is 129 Å². The number of aliphatic carboxylic acids is 1. The van der Waals surface area contributed by atoms with E-state index in [4.69, 9.17) is 29.0 Å². The largest absolute Gasteiger partial charge is 0.693 e. The fourth-order valence-corrected chi connectivity index (χ4v) is 3.52. The van der Waals surface area contributed by atoms with Crippen molar-refractivity contribution in [1.82, 2.24) is 10.6 Å². The van der Waals surface area contributed by atoms with Crippen molar-refractivity contribution in [2.75, 3.05) is 19.7 Å². The topological polar surface area (TPSA) is 209 Å². The van der Waals surface area contributed by atoms with E-state index in [-0.39, 0.29) is 50.0 Å². The standard InChI is InChI=1S/C20H39NO3.C7H13NO4.2ClH.2H2N.Pt/c1-2-3-4-5-6-7-8-9-10-11-12-13-14-15-18-21-19(22)16-17-20(23)24;1-2-12-6(9)4-3-5-8-7(10)11;;;;;/h2-18H2,1H3,(H,21,22)(H,23,24);8H,2-5H2,1H3,(H,10,11);2*1H;2*1H2;/q;;;;2*-1;+4/p-2. The first-order valence-electron chi connectivity index (χ1n) is 14.2. The van der Waals surface area contributed by atoms with Crippen molar-refractivity contribution < 1.29 is 50.6 Å². The second-order valence-electron chi connectivity index (χ2n) is 9.03. The van der Waals surface area contributed by atoms with Crippen LogP contribution in [0.4, 0.5) is 4.79 Å². The molecule has 250 valence electrons. The summed E-state index contributed by atoms with van der Waals surface area (Å²) in [7, 11) is 9.75. The maximum Gasteiger partial charge on any atom is -0.693 e. The number of nitrogens with one attached hydrogen (secondary N) is 2. The first-order valence-corrected chi connectivity index (χ1v) is 19.8. The van der Waals surface area contributed by atoms with Crippen molar-refractivity contribution in [3.05, 3.63) is 12.3 Å². The Hall–Kier alpha value is -1.13. The third kappa shape index (κ3) is 55.4. The average Bonchev–Trinajstić information content (AvgIpc) is 2.88. The molecule has 0 aromatic heterocycles. The van der Waals surface area contributed by atoms with E-state index in [9.17, 15) is 19.2 Å². The molecule has 0 aliphatic heterocycles. The maximum atomic E-state index is 11.3. The van der Waals surface area contributed by atoms with Gasteiger partial charge >= 0.3 is 53.3 Å². The van der Waals surface area contributed by atoms with Gasteiger partial charge in [-0.2, -0.15) is 0 Å². The fraction of sp³-hybridized carbons (Fsp3) is 0.852. The van der Waals surface area contributed by atoms with E-state index in [0.29, 0.717) is 19.6 Å². The van der Waals surface area contributed by atoms with Crippen LogP contribution in [0.15, 0.2) is 0 Å². The summed E-state index contributed by atoms with van der Waals surface area (Å²) in [4.78, 5) is 42.3. The Morgan fingerprint density at radius 2 is 1.05 bits per heavy atom. The van der Waals surface area contributed by atoms with Gasteiger partial charge in [0.25, 0.3) is 0 Å². The fourth-order valence-electron chi connectivity index (χ4n) is 3.52. The number of esters is 1. The number of hydrogen-bond acceptors (Lipinski definition) is 5. The molecule has 0 rings (SSSR count). The van der Waals surface area contributed by atoms with Crippen LogP contribution in [0.1, 0.15) is 129 Å². The Labute approximate surface area is 264 Å². The zero-order valence-corrected chi connectivity index (χ0v) is 28.8. The van der Waals surface area contributed by atoms with Crippen LogP contribution in [0.3, 0.4) is 0 Å². The number of hydrogen-bond donors (Lipinski definition) is 4. The van der Waals surface area contributed by atoms with Gasteiger partial charge in [0.1, 0.15) is 0 Å². The number of carbonyl (C=O) groups excluding carboxylic acids is 2. The van der Waals surface area contributed by atoms with Crippen LogP contribution in [0.5, 0.6) is 0 Å². The summed E-state index contributed by atoms with van der Waals surface area (Å²) in [6.07, 6.45) is 18.2. The number of ether oxygens (including phenoxy) is 1. The molecule has 0 fully saturated rings. The van der Waals surface area contributed by atoms with Gasteiger partial charge in [0.2, 0.25) is 5.91 Å². The predicted octanol–water partition coefficient (Wildman–Crippen LogP) is 8.86. The van der Waals surface area contributed by atoms with Crippen molar-refractivity contribution in [3.8, 4) is 0 Å². The van der Waals surface area contributed by atoms with Gasteiger partial charge in [-0.05, 0) is 19.8 Å². The number of carboxylic acids is 1. The molecule has 0 aromatic rings. The van der Waals surface area contributed by atoms with Gasteiger partial charge in [0.05, 0.1) is 13.0 Å². The second kappa shape index (κ2) is 43.3. The molecule has 0 atom stereocenters. The summed E-state index contributed by atoms with van der Waals surface area (Å²) in [5.74, 6) is -1.35. The molecule has 0 aliphatic rings. The number of carboxylic acid groups (broad SMARTS) is 2. The Morgan fingerprint density at radius 3 is 1.44 bits per heavy atom. The van der Waals surface area contributed by atoms with Gasteiger partial charge in [0.15, 0.2) is 0 Å². The van der Waals surface area contributed by atoms with E-state index in [2.05, 4.69) is 22.3 Å². The minimum atomic E-state index is -1.07. The molecule has 0 aliphatic carbocycles. The van der Waals surface area contributed by atoms with Gasteiger partial charge in [-0.15, -0.1) is 0 Å². The van der Waals surface area contributed by atoms with Crippen LogP contribution in [0.25, 0.3) is 12.3 Å². The molecule has 11 nitrogen and oxygen atoms in total. The van der Waals surface area contributed by atoms with Gasteiger partial charge in [-0.25, -0.2) is 4.79 Å². The van der Waals surface area contributed by atoms with Crippen LogP contribution in [0.2, 0.25) is 0 Å². The van der Waals surface area contributed by atoms with Crippen LogP contribution in [-0.2, 0) is 35.6 Å². The Bertz CT molecular complexity index is 596. The van der Waals surface area contributed by atoms with E-state index in [1.165, 1.54) is 77.0 Å².